The molecule has 0 bridgehead atoms. The number of carbonyl (C=O) groups excluding carboxylic acids is 1. The molecule has 0 saturated heterocycles. The summed E-state index contributed by atoms with van der Waals surface area (Å²) in [5.74, 6) is 1.53. The predicted octanol–water partition coefficient (Wildman–Crippen LogP) is 2.35. The van der Waals surface area contributed by atoms with Crippen LogP contribution >= 0.6 is 0 Å². The lowest BCUT2D eigenvalue weighted by atomic mass is 9.93. The van der Waals surface area contributed by atoms with Crippen LogP contribution in [0.15, 0.2) is 30.5 Å². The van der Waals surface area contributed by atoms with E-state index in [1.54, 1.807) is 19.4 Å². The number of hydrogen-bond donors (Lipinski definition) is 1. The van der Waals surface area contributed by atoms with Crippen molar-refractivity contribution in [3.05, 3.63) is 41.7 Å². The Labute approximate surface area is 140 Å². The molecule has 1 amide bonds. The number of nitrogens with zero attached hydrogens (tertiary/aromatic N) is 2. The first-order valence-corrected chi connectivity index (χ1v) is 8.38. The van der Waals surface area contributed by atoms with E-state index in [1.807, 2.05) is 22.9 Å². The SMILES string of the molecule is COc1ccc2c(c1)OCC(NC(=O)c1ccnn1C1CCC1)C2. The van der Waals surface area contributed by atoms with Crippen LogP contribution in [0, 0.1) is 0 Å². The van der Waals surface area contributed by atoms with Crippen molar-refractivity contribution in [1.82, 2.24) is 15.1 Å². The van der Waals surface area contributed by atoms with E-state index >= 15 is 0 Å². The lowest BCUT2D eigenvalue weighted by molar-refractivity contribution is 0.0897. The lowest BCUT2D eigenvalue weighted by Gasteiger charge is -2.29. The predicted molar refractivity (Wildman–Crippen MR) is 88.6 cm³/mol. The average molecular weight is 327 g/mol. The van der Waals surface area contributed by atoms with Crippen molar-refractivity contribution in [2.45, 2.75) is 37.8 Å². The Balaban J connectivity index is 1.44. The molecule has 6 heteroatoms. The minimum Gasteiger partial charge on any atom is -0.497 e. The van der Waals surface area contributed by atoms with Gasteiger partial charge < -0.3 is 14.8 Å². The second-order valence-electron chi connectivity index (χ2n) is 6.40. The molecule has 24 heavy (non-hydrogen) atoms. The van der Waals surface area contributed by atoms with Gasteiger partial charge in [-0.25, -0.2) is 0 Å². The van der Waals surface area contributed by atoms with E-state index in [2.05, 4.69) is 10.4 Å². The zero-order valence-electron chi connectivity index (χ0n) is 13.7. The number of aromatic nitrogens is 2. The van der Waals surface area contributed by atoms with Gasteiger partial charge in [0.2, 0.25) is 0 Å². The molecule has 6 nitrogen and oxygen atoms in total. The maximum Gasteiger partial charge on any atom is 0.269 e. The standard InChI is InChI=1S/C18H21N3O3/c1-23-15-6-5-12-9-13(11-24-17(12)10-15)20-18(22)16-7-8-19-21(16)14-3-2-4-14/h5-8,10,13-14H,2-4,9,11H2,1H3,(H,20,22). The number of ether oxygens (including phenoxy) is 2. The highest BCUT2D eigenvalue weighted by atomic mass is 16.5. The summed E-state index contributed by atoms with van der Waals surface area (Å²) < 4.78 is 12.9. The maximum atomic E-state index is 12.6. The van der Waals surface area contributed by atoms with Crippen molar-refractivity contribution in [3.8, 4) is 11.5 Å². The number of methoxy groups -OCH3 is 1. The van der Waals surface area contributed by atoms with E-state index in [0.29, 0.717) is 18.3 Å². The Kier molecular flexibility index (Phi) is 3.88. The molecule has 2 heterocycles. The van der Waals surface area contributed by atoms with Crippen molar-refractivity contribution in [1.29, 1.82) is 0 Å². The highest BCUT2D eigenvalue weighted by Crippen LogP contribution is 2.32. The van der Waals surface area contributed by atoms with E-state index in [-0.39, 0.29) is 11.9 Å². The Morgan fingerprint density at radius 2 is 2.25 bits per heavy atom. The van der Waals surface area contributed by atoms with Crippen molar-refractivity contribution < 1.29 is 14.3 Å². The monoisotopic (exact) mass is 327 g/mol. The quantitative estimate of drug-likeness (QED) is 0.936. The summed E-state index contributed by atoms with van der Waals surface area (Å²) in [6, 6.07) is 7.91. The van der Waals surface area contributed by atoms with Crippen LogP contribution in [0.3, 0.4) is 0 Å². The van der Waals surface area contributed by atoms with E-state index in [4.69, 9.17) is 9.47 Å². The Hall–Kier alpha value is -2.50. The van der Waals surface area contributed by atoms with Crippen LogP contribution in [0.4, 0.5) is 0 Å². The third-order valence-electron chi connectivity index (χ3n) is 4.84. The molecule has 1 aliphatic carbocycles. The first kappa shape index (κ1) is 15.1. The minimum absolute atomic E-state index is 0.0388. The van der Waals surface area contributed by atoms with Gasteiger partial charge >= 0.3 is 0 Å². The number of carbonyl (C=O) groups is 1. The van der Waals surface area contributed by atoms with Crippen molar-refractivity contribution >= 4 is 5.91 Å². The fraction of sp³-hybridized carbons (Fsp3) is 0.444. The van der Waals surface area contributed by atoms with Crippen molar-refractivity contribution in [3.63, 3.8) is 0 Å². The summed E-state index contributed by atoms with van der Waals surface area (Å²) in [6.07, 6.45) is 5.87. The molecule has 1 unspecified atom stereocenters. The molecule has 0 radical (unpaired) electrons. The van der Waals surface area contributed by atoms with Gasteiger partial charge in [-0.3, -0.25) is 9.48 Å². The molecule has 1 fully saturated rings. The van der Waals surface area contributed by atoms with Crippen molar-refractivity contribution in [2.24, 2.45) is 0 Å². The zero-order valence-corrected chi connectivity index (χ0v) is 13.7. The molecule has 1 saturated carbocycles. The molecule has 2 aliphatic rings. The number of benzene rings is 1. The van der Waals surface area contributed by atoms with Crippen LogP contribution in [0.5, 0.6) is 11.5 Å². The molecule has 1 N–H and O–H groups in total. The maximum absolute atomic E-state index is 12.6. The van der Waals surface area contributed by atoms with Crippen LogP contribution in [0.25, 0.3) is 0 Å². The normalized spacial score (nSPS) is 19.8. The van der Waals surface area contributed by atoms with Crippen LogP contribution in [0.2, 0.25) is 0 Å². The summed E-state index contributed by atoms with van der Waals surface area (Å²) in [5, 5.41) is 7.40. The van der Waals surface area contributed by atoms with Gasteiger partial charge in [0.05, 0.1) is 19.2 Å². The molecule has 126 valence electrons. The van der Waals surface area contributed by atoms with E-state index < -0.39 is 0 Å². The number of hydrogen-bond acceptors (Lipinski definition) is 4. The third-order valence-corrected chi connectivity index (χ3v) is 4.84. The second kappa shape index (κ2) is 6.19. The van der Waals surface area contributed by atoms with Gasteiger partial charge in [-0.2, -0.15) is 5.10 Å². The van der Waals surface area contributed by atoms with Gasteiger partial charge in [0.25, 0.3) is 5.91 Å². The van der Waals surface area contributed by atoms with Gasteiger partial charge in [0.15, 0.2) is 0 Å². The average Bonchev–Trinajstić information content (AvgIpc) is 3.02. The Bertz CT molecular complexity index is 752. The molecular formula is C18H21N3O3. The molecule has 1 aliphatic heterocycles. The van der Waals surface area contributed by atoms with E-state index in [0.717, 1.165) is 36.3 Å². The highest BCUT2D eigenvalue weighted by molar-refractivity contribution is 5.92. The number of rotatable bonds is 4. The summed E-state index contributed by atoms with van der Waals surface area (Å²) in [6.45, 7) is 0.462. The van der Waals surface area contributed by atoms with Crippen LogP contribution in [-0.4, -0.2) is 35.4 Å². The third kappa shape index (κ3) is 2.72. The molecule has 1 aromatic heterocycles. The first-order valence-electron chi connectivity index (χ1n) is 8.38. The van der Waals surface area contributed by atoms with Gasteiger partial charge in [0, 0.05) is 12.3 Å². The topological polar surface area (TPSA) is 65.4 Å². The molecular weight excluding hydrogens is 306 g/mol. The van der Waals surface area contributed by atoms with Crippen LogP contribution in [0.1, 0.15) is 41.4 Å². The highest BCUT2D eigenvalue weighted by Gasteiger charge is 2.27. The summed E-state index contributed by atoms with van der Waals surface area (Å²) in [5.41, 5.74) is 1.72. The number of amides is 1. The van der Waals surface area contributed by atoms with Crippen LogP contribution in [-0.2, 0) is 6.42 Å². The summed E-state index contributed by atoms with van der Waals surface area (Å²) in [7, 11) is 1.64. The Morgan fingerprint density at radius 3 is 3.00 bits per heavy atom. The second-order valence-corrected chi connectivity index (χ2v) is 6.40. The van der Waals surface area contributed by atoms with Crippen LogP contribution < -0.4 is 14.8 Å². The van der Waals surface area contributed by atoms with Gasteiger partial charge in [-0.1, -0.05) is 6.07 Å². The van der Waals surface area contributed by atoms with Gasteiger partial charge in [-0.05, 0) is 43.4 Å². The Morgan fingerprint density at radius 1 is 1.38 bits per heavy atom. The molecule has 0 spiro atoms. The fourth-order valence-electron chi connectivity index (χ4n) is 3.25. The smallest absolute Gasteiger partial charge is 0.269 e. The summed E-state index contributed by atoms with van der Waals surface area (Å²) >= 11 is 0. The number of fused-ring (bicyclic) bond motifs is 1. The van der Waals surface area contributed by atoms with E-state index in [9.17, 15) is 4.79 Å². The van der Waals surface area contributed by atoms with Crippen molar-refractivity contribution in [2.75, 3.05) is 13.7 Å². The molecule has 4 rings (SSSR count). The largest absolute Gasteiger partial charge is 0.497 e. The number of nitrogens with one attached hydrogen (secondary N) is 1. The van der Waals surface area contributed by atoms with E-state index in [1.165, 1.54) is 6.42 Å². The lowest BCUT2D eigenvalue weighted by Crippen LogP contribution is -2.43. The molecule has 1 aromatic carbocycles. The molecule has 1 atom stereocenters. The first-order chi connectivity index (χ1) is 11.7. The fourth-order valence-corrected chi connectivity index (χ4v) is 3.25. The van der Waals surface area contributed by atoms with Gasteiger partial charge in [-0.15, -0.1) is 0 Å². The minimum atomic E-state index is -0.0787. The molecule has 2 aromatic rings. The zero-order chi connectivity index (χ0) is 16.5. The summed E-state index contributed by atoms with van der Waals surface area (Å²) in [4.78, 5) is 12.6. The van der Waals surface area contributed by atoms with Gasteiger partial charge in [0.1, 0.15) is 23.8 Å².